The van der Waals surface area contributed by atoms with Gasteiger partial charge in [-0.25, -0.2) is 4.79 Å². The average Bonchev–Trinajstić information content (AvgIpc) is 2.97. The first-order valence-corrected chi connectivity index (χ1v) is 8.68. The molecule has 1 heterocycles. The summed E-state index contributed by atoms with van der Waals surface area (Å²) in [5.41, 5.74) is 4.92. The number of esters is 1. The fraction of sp³-hybridized carbons (Fsp3) is 0.333. The topological polar surface area (TPSA) is 51.5 Å². The molecule has 0 fully saturated rings. The van der Waals surface area contributed by atoms with Crippen LogP contribution in [0.1, 0.15) is 44.1 Å². The number of nitrogens with zero attached hydrogens (tertiary/aromatic N) is 2. The van der Waals surface area contributed by atoms with E-state index in [2.05, 4.69) is 0 Å². The second kappa shape index (κ2) is 7.20. The van der Waals surface area contributed by atoms with Crippen LogP contribution in [-0.4, -0.2) is 42.4 Å². The molecule has 0 aliphatic heterocycles. The molecular formula is C21H24N2O3. The van der Waals surface area contributed by atoms with E-state index in [0.29, 0.717) is 24.4 Å². The monoisotopic (exact) mass is 352 g/mol. The standard InChI is InChI=1S/C21H24N2O3/c1-14-5-7-15(8-6-14)12-23-18(21(25)26-4)11-16-9-10-17(13-22(2)3)20(24)19(16)23/h5-8,11,13H,9-10,12H2,1-4H3. The predicted molar refractivity (Wildman–Crippen MR) is 100 cm³/mol. The number of fused-ring (bicyclic) bond motifs is 1. The molecule has 136 valence electrons. The Morgan fingerprint density at radius 2 is 1.92 bits per heavy atom. The Bertz CT molecular complexity index is 873. The van der Waals surface area contributed by atoms with Crippen LogP contribution in [-0.2, 0) is 17.7 Å². The lowest BCUT2D eigenvalue weighted by atomic mass is 9.92. The first kappa shape index (κ1) is 18.0. The number of ether oxygens (including phenoxy) is 1. The summed E-state index contributed by atoms with van der Waals surface area (Å²) in [6.07, 6.45) is 3.29. The first-order valence-electron chi connectivity index (χ1n) is 8.68. The van der Waals surface area contributed by atoms with Crippen LogP contribution in [0.4, 0.5) is 0 Å². The van der Waals surface area contributed by atoms with Crippen LogP contribution in [0.3, 0.4) is 0 Å². The highest BCUT2D eigenvalue weighted by molar-refractivity contribution is 6.10. The summed E-state index contributed by atoms with van der Waals surface area (Å²) in [4.78, 5) is 27.2. The lowest BCUT2D eigenvalue weighted by Gasteiger charge is -2.19. The van der Waals surface area contributed by atoms with Crippen molar-refractivity contribution in [3.05, 3.63) is 70.2 Å². The molecule has 1 aromatic heterocycles. The Kier molecular flexibility index (Phi) is 4.98. The second-order valence-electron chi connectivity index (χ2n) is 6.91. The molecule has 0 saturated carbocycles. The minimum atomic E-state index is -0.419. The van der Waals surface area contributed by atoms with Crippen LogP contribution in [0.15, 0.2) is 42.1 Å². The molecular weight excluding hydrogens is 328 g/mol. The number of benzene rings is 1. The molecule has 0 saturated heterocycles. The molecule has 5 heteroatoms. The number of carbonyl (C=O) groups excluding carboxylic acids is 2. The number of hydrogen-bond acceptors (Lipinski definition) is 4. The van der Waals surface area contributed by atoms with Gasteiger partial charge in [0, 0.05) is 32.4 Å². The molecule has 0 N–H and O–H groups in total. The first-order chi connectivity index (χ1) is 12.4. The quantitative estimate of drug-likeness (QED) is 0.626. The van der Waals surface area contributed by atoms with Gasteiger partial charge in [0.2, 0.25) is 5.78 Å². The molecule has 26 heavy (non-hydrogen) atoms. The molecule has 0 atom stereocenters. The predicted octanol–water partition coefficient (Wildman–Crippen LogP) is 3.21. The third kappa shape index (κ3) is 3.43. The zero-order valence-electron chi connectivity index (χ0n) is 15.7. The molecule has 1 aliphatic carbocycles. The normalized spacial score (nSPS) is 15.1. The molecule has 2 aromatic rings. The summed E-state index contributed by atoms with van der Waals surface area (Å²) in [5.74, 6) is -0.431. The van der Waals surface area contributed by atoms with Gasteiger partial charge in [-0.15, -0.1) is 0 Å². The number of Topliss-reactive ketones (excluding diaryl/α,β-unsaturated/α-hetero) is 1. The second-order valence-corrected chi connectivity index (χ2v) is 6.91. The van der Waals surface area contributed by atoms with Crippen LogP contribution in [0.5, 0.6) is 0 Å². The molecule has 0 spiro atoms. The van der Waals surface area contributed by atoms with Gasteiger partial charge in [-0.05, 0) is 37.0 Å². The number of allylic oxidation sites excluding steroid dienone is 1. The van der Waals surface area contributed by atoms with E-state index in [1.54, 1.807) is 10.6 Å². The van der Waals surface area contributed by atoms with Gasteiger partial charge in [0.25, 0.3) is 0 Å². The van der Waals surface area contributed by atoms with Crippen molar-refractivity contribution in [3.63, 3.8) is 0 Å². The number of ketones is 1. The van der Waals surface area contributed by atoms with E-state index in [0.717, 1.165) is 23.1 Å². The summed E-state index contributed by atoms with van der Waals surface area (Å²) in [6, 6.07) is 9.91. The molecule has 1 aliphatic rings. The van der Waals surface area contributed by atoms with Gasteiger partial charge >= 0.3 is 5.97 Å². The minimum absolute atomic E-state index is 0.0118. The largest absolute Gasteiger partial charge is 0.464 e. The summed E-state index contributed by atoms with van der Waals surface area (Å²) in [6.45, 7) is 2.49. The Labute approximate surface area is 153 Å². The number of aromatic nitrogens is 1. The van der Waals surface area contributed by atoms with Crippen molar-refractivity contribution in [2.75, 3.05) is 21.2 Å². The molecule has 0 radical (unpaired) electrons. The van der Waals surface area contributed by atoms with Gasteiger partial charge in [0.1, 0.15) is 5.69 Å². The van der Waals surface area contributed by atoms with Crippen LogP contribution in [0, 0.1) is 6.92 Å². The van der Waals surface area contributed by atoms with E-state index in [9.17, 15) is 9.59 Å². The van der Waals surface area contributed by atoms with Crippen LogP contribution >= 0.6 is 0 Å². The number of methoxy groups -OCH3 is 1. The molecule has 1 aromatic carbocycles. The molecule has 3 rings (SSSR count). The Balaban J connectivity index is 2.09. The SMILES string of the molecule is COC(=O)c1cc2c(n1Cc1ccc(C)cc1)C(=O)C(=CN(C)C)CC2. The Hall–Kier alpha value is -2.82. The highest BCUT2D eigenvalue weighted by atomic mass is 16.5. The lowest BCUT2D eigenvalue weighted by molar-refractivity contribution is 0.0589. The van der Waals surface area contributed by atoms with Crippen molar-refractivity contribution in [2.24, 2.45) is 0 Å². The van der Waals surface area contributed by atoms with Crippen molar-refractivity contribution < 1.29 is 14.3 Å². The van der Waals surface area contributed by atoms with Crippen molar-refractivity contribution in [3.8, 4) is 0 Å². The summed E-state index contributed by atoms with van der Waals surface area (Å²) >= 11 is 0. The highest BCUT2D eigenvalue weighted by Crippen LogP contribution is 2.29. The fourth-order valence-electron chi connectivity index (χ4n) is 3.35. The third-order valence-electron chi connectivity index (χ3n) is 4.62. The van der Waals surface area contributed by atoms with Gasteiger partial charge in [0.15, 0.2) is 0 Å². The van der Waals surface area contributed by atoms with E-state index in [-0.39, 0.29) is 5.78 Å². The van der Waals surface area contributed by atoms with E-state index < -0.39 is 5.97 Å². The van der Waals surface area contributed by atoms with Crippen molar-refractivity contribution in [1.29, 1.82) is 0 Å². The Morgan fingerprint density at radius 1 is 1.23 bits per heavy atom. The Morgan fingerprint density at radius 3 is 2.54 bits per heavy atom. The fourth-order valence-corrected chi connectivity index (χ4v) is 3.35. The average molecular weight is 352 g/mol. The number of rotatable bonds is 4. The van der Waals surface area contributed by atoms with Crippen molar-refractivity contribution in [1.82, 2.24) is 9.47 Å². The van der Waals surface area contributed by atoms with E-state index in [4.69, 9.17) is 4.74 Å². The van der Waals surface area contributed by atoms with Gasteiger partial charge < -0.3 is 14.2 Å². The smallest absolute Gasteiger partial charge is 0.354 e. The van der Waals surface area contributed by atoms with Crippen LogP contribution < -0.4 is 0 Å². The maximum Gasteiger partial charge on any atom is 0.354 e. The molecule has 5 nitrogen and oxygen atoms in total. The molecule has 0 amide bonds. The van der Waals surface area contributed by atoms with Crippen molar-refractivity contribution in [2.45, 2.75) is 26.3 Å². The van der Waals surface area contributed by atoms with Crippen LogP contribution in [0.2, 0.25) is 0 Å². The zero-order chi connectivity index (χ0) is 18.8. The zero-order valence-corrected chi connectivity index (χ0v) is 15.7. The van der Waals surface area contributed by atoms with Gasteiger partial charge in [-0.1, -0.05) is 29.8 Å². The number of hydrogen-bond donors (Lipinski definition) is 0. The highest BCUT2D eigenvalue weighted by Gasteiger charge is 2.30. The summed E-state index contributed by atoms with van der Waals surface area (Å²) in [5, 5.41) is 0. The van der Waals surface area contributed by atoms with E-state index in [1.807, 2.05) is 56.4 Å². The van der Waals surface area contributed by atoms with Crippen LogP contribution in [0.25, 0.3) is 0 Å². The number of aryl methyl sites for hydroxylation is 2. The van der Waals surface area contributed by atoms with Crippen molar-refractivity contribution >= 4 is 11.8 Å². The lowest BCUT2D eigenvalue weighted by Crippen LogP contribution is -2.22. The third-order valence-corrected chi connectivity index (χ3v) is 4.62. The maximum atomic E-state index is 13.1. The summed E-state index contributed by atoms with van der Waals surface area (Å²) in [7, 11) is 5.17. The minimum Gasteiger partial charge on any atom is -0.464 e. The molecule has 0 bridgehead atoms. The summed E-state index contributed by atoms with van der Waals surface area (Å²) < 4.78 is 6.75. The van der Waals surface area contributed by atoms with Gasteiger partial charge in [0.05, 0.1) is 12.8 Å². The van der Waals surface area contributed by atoms with Gasteiger partial charge in [-0.3, -0.25) is 4.79 Å². The number of carbonyl (C=O) groups is 2. The molecule has 0 unspecified atom stereocenters. The van der Waals surface area contributed by atoms with E-state index in [1.165, 1.54) is 12.7 Å². The van der Waals surface area contributed by atoms with Gasteiger partial charge in [-0.2, -0.15) is 0 Å². The van der Waals surface area contributed by atoms with E-state index >= 15 is 0 Å². The maximum absolute atomic E-state index is 13.1.